The Balaban J connectivity index is 1.61. The van der Waals surface area contributed by atoms with E-state index >= 15 is 0 Å². The molecule has 2 N–H and O–H groups in total. The van der Waals surface area contributed by atoms with Gasteiger partial charge >= 0.3 is 0 Å². The Bertz CT molecular complexity index is 854. The van der Waals surface area contributed by atoms with E-state index in [0.717, 1.165) is 23.2 Å². The summed E-state index contributed by atoms with van der Waals surface area (Å²) < 4.78 is 12.9. The molecule has 0 unspecified atom stereocenters. The van der Waals surface area contributed by atoms with Crippen LogP contribution in [-0.4, -0.2) is 21.7 Å². The first-order chi connectivity index (χ1) is 12.1. The van der Waals surface area contributed by atoms with Gasteiger partial charge in [-0.2, -0.15) is 10.1 Å². The molecule has 0 saturated heterocycles. The Morgan fingerprint density at radius 2 is 1.92 bits per heavy atom. The van der Waals surface area contributed by atoms with Crippen molar-refractivity contribution in [2.24, 2.45) is 0 Å². The molecule has 0 bridgehead atoms. The summed E-state index contributed by atoms with van der Waals surface area (Å²) in [4.78, 5) is 4.39. The fourth-order valence-corrected chi connectivity index (χ4v) is 2.45. The number of nitrogens with zero attached hydrogens (tertiary/aromatic N) is 3. The van der Waals surface area contributed by atoms with E-state index in [-0.39, 0.29) is 5.82 Å². The minimum absolute atomic E-state index is 0.237. The molecule has 1 aromatic heterocycles. The monoisotopic (exact) mass is 357 g/mol. The van der Waals surface area contributed by atoms with E-state index in [1.165, 1.54) is 12.1 Å². The Kier molecular flexibility index (Phi) is 5.40. The molecular formula is C18H17ClFN5. The molecule has 0 aliphatic carbocycles. The lowest BCUT2D eigenvalue weighted by Gasteiger charge is -2.10. The van der Waals surface area contributed by atoms with Crippen molar-refractivity contribution in [3.63, 3.8) is 0 Å². The van der Waals surface area contributed by atoms with Crippen molar-refractivity contribution in [3.8, 4) is 0 Å². The second-order valence-electron chi connectivity index (χ2n) is 5.55. The quantitative estimate of drug-likeness (QED) is 0.685. The van der Waals surface area contributed by atoms with Crippen LogP contribution in [0.4, 0.5) is 21.8 Å². The zero-order chi connectivity index (χ0) is 17.6. The molecule has 128 valence electrons. The SMILES string of the molecule is Cc1ccc(Cl)cc1Nc1cnnc(NCCc2ccc(F)cc2)n1. The van der Waals surface area contributed by atoms with Crippen LogP contribution in [-0.2, 0) is 6.42 Å². The summed E-state index contributed by atoms with van der Waals surface area (Å²) >= 11 is 6.03. The summed E-state index contributed by atoms with van der Waals surface area (Å²) in [7, 11) is 0. The van der Waals surface area contributed by atoms with Crippen molar-refractivity contribution < 1.29 is 4.39 Å². The molecule has 0 aliphatic heterocycles. The minimum atomic E-state index is -0.237. The van der Waals surface area contributed by atoms with E-state index in [2.05, 4.69) is 25.8 Å². The lowest BCUT2D eigenvalue weighted by molar-refractivity contribution is 0.627. The first-order valence-corrected chi connectivity index (χ1v) is 8.19. The highest BCUT2D eigenvalue weighted by Gasteiger charge is 2.04. The second-order valence-corrected chi connectivity index (χ2v) is 5.99. The summed E-state index contributed by atoms with van der Waals surface area (Å²) in [6.07, 6.45) is 2.28. The molecule has 7 heteroatoms. The van der Waals surface area contributed by atoms with E-state index in [9.17, 15) is 4.39 Å². The molecule has 0 fully saturated rings. The van der Waals surface area contributed by atoms with Crippen LogP contribution in [0.25, 0.3) is 0 Å². The number of nitrogens with one attached hydrogen (secondary N) is 2. The zero-order valence-corrected chi connectivity index (χ0v) is 14.4. The van der Waals surface area contributed by atoms with Gasteiger partial charge < -0.3 is 10.6 Å². The van der Waals surface area contributed by atoms with Gasteiger partial charge in [0.05, 0.1) is 6.20 Å². The van der Waals surface area contributed by atoms with Gasteiger partial charge in [0.15, 0.2) is 5.82 Å². The summed E-state index contributed by atoms with van der Waals surface area (Å²) in [5, 5.41) is 14.9. The Morgan fingerprint density at radius 1 is 1.12 bits per heavy atom. The Hall–Kier alpha value is -2.73. The van der Waals surface area contributed by atoms with E-state index in [0.29, 0.717) is 23.3 Å². The standard InChI is InChI=1S/C18H17ClFN5/c1-12-2-5-14(19)10-16(12)23-17-11-22-25-18(24-17)21-9-8-13-3-6-15(20)7-4-13/h2-7,10-11H,8-9H2,1H3,(H2,21,23,24,25). The molecule has 25 heavy (non-hydrogen) atoms. The number of anilines is 3. The van der Waals surface area contributed by atoms with Gasteiger partial charge in [-0.05, 0) is 48.7 Å². The molecule has 0 amide bonds. The van der Waals surface area contributed by atoms with Crippen LogP contribution in [0.3, 0.4) is 0 Å². The van der Waals surface area contributed by atoms with E-state index < -0.39 is 0 Å². The molecule has 0 spiro atoms. The first-order valence-electron chi connectivity index (χ1n) is 7.81. The van der Waals surface area contributed by atoms with Crippen molar-refractivity contribution in [1.82, 2.24) is 15.2 Å². The topological polar surface area (TPSA) is 62.7 Å². The smallest absolute Gasteiger partial charge is 0.244 e. The lowest BCUT2D eigenvalue weighted by atomic mass is 10.1. The number of rotatable bonds is 6. The Labute approximate surface area is 150 Å². The summed E-state index contributed by atoms with van der Waals surface area (Å²) in [6.45, 7) is 2.60. The maximum absolute atomic E-state index is 12.9. The van der Waals surface area contributed by atoms with Crippen molar-refractivity contribution in [2.75, 3.05) is 17.2 Å². The fourth-order valence-electron chi connectivity index (χ4n) is 2.28. The molecule has 2 aromatic carbocycles. The highest BCUT2D eigenvalue weighted by Crippen LogP contribution is 2.23. The third kappa shape index (κ3) is 4.87. The Morgan fingerprint density at radius 3 is 2.72 bits per heavy atom. The highest BCUT2D eigenvalue weighted by atomic mass is 35.5. The van der Waals surface area contributed by atoms with Crippen LogP contribution in [0, 0.1) is 12.7 Å². The van der Waals surface area contributed by atoms with E-state index in [1.807, 2.05) is 25.1 Å². The van der Waals surface area contributed by atoms with Gasteiger partial charge in [0.1, 0.15) is 5.82 Å². The maximum Gasteiger partial charge on any atom is 0.244 e. The van der Waals surface area contributed by atoms with Gasteiger partial charge in [-0.15, -0.1) is 5.10 Å². The van der Waals surface area contributed by atoms with Crippen molar-refractivity contribution >= 4 is 29.1 Å². The summed E-state index contributed by atoms with van der Waals surface area (Å²) in [5.74, 6) is 0.760. The number of hydrogen-bond donors (Lipinski definition) is 2. The van der Waals surface area contributed by atoms with Gasteiger partial charge in [0, 0.05) is 17.3 Å². The van der Waals surface area contributed by atoms with Crippen LogP contribution < -0.4 is 10.6 Å². The number of benzene rings is 2. The number of aryl methyl sites for hydroxylation is 1. The summed E-state index contributed by atoms with van der Waals surface area (Å²) in [5.41, 5.74) is 2.95. The molecule has 0 saturated carbocycles. The van der Waals surface area contributed by atoms with Gasteiger partial charge in [0.2, 0.25) is 5.95 Å². The molecule has 0 atom stereocenters. The van der Waals surface area contributed by atoms with Gasteiger partial charge in [0.25, 0.3) is 0 Å². The second kappa shape index (κ2) is 7.90. The predicted molar refractivity (Wildman–Crippen MR) is 97.9 cm³/mol. The molecule has 3 aromatic rings. The number of hydrogen-bond acceptors (Lipinski definition) is 5. The minimum Gasteiger partial charge on any atom is -0.353 e. The van der Waals surface area contributed by atoms with E-state index in [1.54, 1.807) is 18.3 Å². The lowest BCUT2D eigenvalue weighted by Crippen LogP contribution is -2.09. The van der Waals surface area contributed by atoms with Crippen LogP contribution in [0.1, 0.15) is 11.1 Å². The largest absolute Gasteiger partial charge is 0.353 e. The van der Waals surface area contributed by atoms with Crippen LogP contribution in [0.15, 0.2) is 48.7 Å². The van der Waals surface area contributed by atoms with Gasteiger partial charge in [-0.25, -0.2) is 4.39 Å². The molecule has 0 aliphatic rings. The van der Waals surface area contributed by atoms with E-state index in [4.69, 9.17) is 11.6 Å². The van der Waals surface area contributed by atoms with Crippen LogP contribution in [0.5, 0.6) is 0 Å². The predicted octanol–water partition coefficient (Wildman–Crippen LogP) is 4.37. The van der Waals surface area contributed by atoms with Gasteiger partial charge in [-0.1, -0.05) is 29.8 Å². The molecule has 5 nitrogen and oxygen atoms in total. The molecule has 3 rings (SSSR count). The normalized spacial score (nSPS) is 10.5. The van der Waals surface area contributed by atoms with Gasteiger partial charge in [-0.3, -0.25) is 0 Å². The fraction of sp³-hybridized carbons (Fsp3) is 0.167. The van der Waals surface area contributed by atoms with Crippen molar-refractivity contribution in [3.05, 3.63) is 70.6 Å². The third-order valence-electron chi connectivity index (χ3n) is 3.63. The van der Waals surface area contributed by atoms with Crippen molar-refractivity contribution in [2.45, 2.75) is 13.3 Å². The molecular weight excluding hydrogens is 341 g/mol. The average Bonchev–Trinajstić information content (AvgIpc) is 2.60. The molecule has 1 heterocycles. The number of halogens is 2. The zero-order valence-electron chi connectivity index (χ0n) is 13.6. The highest BCUT2D eigenvalue weighted by molar-refractivity contribution is 6.30. The molecule has 0 radical (unpaired) electrons. The maximum atomic E-state index is 12.9. The average molecular weight is 358 g/mol. The number of aromatic nitrogens is 3. The van der Waals surface area contributed by atoms with Crippen LogP contribution in [0.2, 0.25) is 5.02 Å². The van der Waals surface area contributed by atoms with Crippen LogP contribution >= 0.6 is 11.6 Å². The third-order valence-corrected chi connectivity index (χ3v) is 3.87. The summed E-state index contributed by atoms with van der Waals surface area (Å²) in [6, 6.07) is 12.0. The first kappa shape index (κ1) is 17.1. The van der Waals surface area contributed by atoms with Crippen molar-refractivity contribution in [1.29, 1.82) is 0 Å².